The minimum absolute atomic E-state index is 0.00417. The van der Waals surface area contributed by atoms with Gasteiger partial charge in [-0.05, 0) is 24.1 Å². The van der Waals surface area contributed by atoms with E-state index in [0.717, 1.165) is 35.8 Å². The highest BCUT2D eigenvalue weighted by molar-refractivity contribution is 6.03. The molecule has 5 nitrogen and oxygen atoms in total. The number of halogens is 1. The molecule has 2 unspecified atom stereocenters. The Hall–Kier alpha value is -2.50. The second kappa shape index (κ2) is 5.61. The molecule has 1 fully saturated rings. The van der Waals surface area contributed by atoms with Crippen LogP contribution in [0.2, 0.25) is 0 Å². The van der Waals surface area contributed by atoms with Gasteiger partial charge in [0.05, 0.1) is 18.2 Å². The third-order valence-corrected chi connectivity index (χ3v) is 4.43. The van der Waals surface area contributed by atoms with Crippen molar-refractivity contribution < 1.29 is 9.23 Å². The van der Waals surface area contributed by atoms with Gasteiger partial charge in [0.1, 0.15) is 5.82 Å². The summed E-state index contributed by atoms with van der Waals surface area (Å²) in [7, 11) is 0. The Bertz CT molecular complexity index is 729. The van der Waals surface area contributed by atoms with Gasteiger partial charge in [-0.25, -0.2) is 14.4 Å². The van der Waals surface area contributed by atoms with Gasteiger partial charge in [0.2, 0.25) is 5.95 Å². The molecular weight excluding hydrogens is 295 g/mol. The molecule has 2 atom stereocenters. The minimum atomic E-state index is -0.248. The monoisotopic (exact) mass is 312 g/mol. The van der Waals surface area contributed by atoms with Crippen LogP contribution in [-0.2, 0) is 11.3 Å². The van der Waals surface area contributed by atoms with Gasteiger partial charge in [0.15, 0.2) is 6.10 Å². The van der Waals surface area contributed by atoms with Crippen molar-refractivity contribution in [2.24, 2.45) is 11.1 Å². The Labute approximate surface area is 133 Å². The predicted molar refractivity (Wildman–Crippen MR) is 84.9 cm³/mol. The second-order valence-electron chi connectivity index (χ2n) is 5.88. The summed E-state index contributed by atoms with van der Waals surface area (Å²) in [6, 6.07) is 6.39. The third kappa shape index (κ3) is 2.54. The van der Waals surface area contributed by atoms with Gasteiger partial charge in [-0.2, -0.15) is 0 Å². The first-order chi connectivity index (χ1) is 11.2. The molecule has 2 aliphatic heterocycles. The van der Waals surface area contributed by atoms with Crippen molar-refractivity contribution >= 4 is 11.7 Å². The van der Waals surface area contributed by atoms with Crippen LogP contribution in [0.1, 0.15) is 18.1 Å². The lowest BCUT2D eigenvalue weighted by molar-refractivity contribution is 0.0853. The summed E-state index contributed by atoms with van der Waals surface area (Å²) in [5, 5.41) is 4.20. The van der Waals surface area contributed by atoms with Crippen LogP contribution in [0.3, 0.4) is 0 Å². The maximum Gasteiger partial charge on any atom is 0.225 e. The molecule has 2 aromatic rings. The average molecular weight is 312 g/mol. The van der Waals surface area contributed by atoms with Crippen molar-refractivity contribution in [3.05, 3.63) is 53.6 Å². The molecule has 1 saturated heterocycles. The quantitative estimate of drug-likeness (QED) is 0.873. The summed E-state index contributed by atoms with van der Waals surface area (Å²) in [6.45, 7) is 3.55. The molecule has 0 radical (unpaired) electrons. The number of anilines is 1. The van der Waals surface area contributed by atoms with Crippen LogP contribution in [0, 0.1) is 11.7 Å². The summed E-state index contributed by atoms with van der Waals surface area (Å²) >= 11 is 0. The fourth-order valence-corrected chi connectivity index (χ4v) is 3.08. The molecule has 6 heteroatoms. The number of benzene rings is 1. The Morgan fingerprint density at radius 3 is 2.61 bits per heavy atom. The lowest BCUT2D eigenvalue weighted by Gasteiger charge is -2.16. The smallest absolute Gasteiger partial charge is 0.225 e. The van der Waals surface area contributed by atoms with Crippen LogP contribution in [0.4, 0.5) is 10.3 Å². The first-order valence-electron chi connectivity index (χ1n) is 7.80. The predicted octanol–water partition coefficient (Wildman–Crippen LogP) is 2.42. The highest BCUT2D eigenvalue weighted by Crippen LogP contribution is 2.31. The number of nitrogens with zero attached hydrogens (tertiary/aromatic N) is 4. The first kappa shape index (κ1) is 14.1. The first-order valence-corrected chi connectivity index (χ1v) is 7.80. The zero-order chi connectivity index (χ0) is 15.8. The molecule has 1 aromatic carbocycles. The zero-order valence-corrected chi connectivity index (χ0v) is 12.8. The topological polar surface area (TPSA) is 50.6 Å². The van der Waals surface area contributed by atoms with Crippen LogP contribution in [0.15, 0.2) is 41.8 Å². The van der Waals surface area contributed by atoms with Crippen LogP contribution in [0.5, 0.6) is 0 Å². The highest BCUT2D eigenvalue weighted by Gasteiger charge is 2.43. The minimum Gasteiger partial charge on any atom is -0.390 e. The van der Waals surface area contributed by atoms with E-state index in [4.69, 9.17) is 4.84 Å². The second-order valence-corrected chi connectivity index (χ2v) is 5.88. The molecule has 0 saturated carbocycles. The number of aromatic nitrogens is 2. The zero-order valence-electron chi connectivity index (χ0n) is 12.8. The number of rotatable bonds is 3. The van der Waals surface area contributed by atoms with Gasteiger partial charge in [0, 0.05) is 24.5 Å². The standard InChI is InChI=1S/C17H17FN4O/c1-2-11-7-19-17(20-8-11)22-9-14-15(10-22)23-21-16(14)12-3-5-13(18)6-4-12/h3-8,14-15H,2,9-10H2,1H3. The molecular formula is C17H17FN4O. The van der Waals surface area contributed by atoms with Gasteiger partial charge in [-0.3, -0.25) is 0 Å². The number of fused-ring (bicyclic) bond motifs is 1. The molecule has 1 aromatic heterocycles. The fourth-order valence-electron chi connectivity index (χ4n) is 3.08. The van der Waals surface area contributed by atoms with Crippen molar-refractivity contribution in [3.8, 4) is 0 Å². The molecule has 4 rings (SSSR count). The number of hydrogen-bond donors (Lipinski definition) is 0. The van der Waals surface area contributed by atoms with E-state index >= 15 is 0 Å². The summed E-state index contributed by atoms with van der Waals surface area (Å²) < 4.78 is 13.1. The Morgan fingerprint density at radius 2 is 1.91 bits per heavy atom. The van der Waals surface area contributed by atoms with Crippen LogP contribution in [-0.4, -0.2) is 34.9 Å². The van der Waals surface area contributed by atoms with E-state index in [0.29, 0.717) is 6.54 Å². The van der Waals surface area contributed by atoms with E-state index < -0.39 is 0 Å². The largest absolute Gasteiger partial charge is 0.390 e. The van der Waals surface area contributed by atoms with E-state index in [1.807, 2.05) is 12.4 Å². The molecule has 2 aliphatic rings. The Kier molecular flexibility index (Phi) is 3.44. The summed E-state index contributed by atoms with van der Waals surface area (Å²) in [5.41, 5.74) is 2.91. The molecule has 0 amide bonds. The van der Waals surface area contributed by atoms with E-state index in [-0.39, 0.29) is 17.8 Å². The molecule has 23 heavy (non-hydrogen) atoms. The lowest BCUT2D eigenvalue weighted by Crippen LogP contribution is -2.24. The van der Waals surface area contributed by atoms with E-state index in [9.17, 15) is 4.39 Å². The maximum atomic E-state index is 13.1. The van der Waals surface area contributed by atoms with Gasteiger partial charge < -0.3 is 9.74 Å². The SMILES string of the molecule is CCc1cnc(N2CC3ON=C(c4ccc(F)cc4)C3C2)nc1. The molecule has 0 N–H and O–H groups in total. The van der Waals surface area contributed by atoms with Crippen molar-refractivity contribution in [3.63, 3.8) is 0 Å². The van der Waals surface area contributed by atoms with Crippen LogP contribution in [0.25, 0.3) is 0 Å². The molecule has 0 spiro atoms. The van der Waals surface area contributed by atoms with E-state index in [1.165, 1.54) is 12.1 Å². The lowest BCUT2D eigenvalue weighted by atomic mass is 9.95. The Morgan fingerprint density at radius 1 is 1.17 bits per heavy atom. The van der Waals surface area contributed by atoms with Gasteiger partial charge >= 0.3 is 0 Å². The van der Waals surface area contributed by atoms with Crippen LogP contribution < -0.4 is 4.90 Å². The van der Waals surface area contributed by atoms with Crippen molar-refractivity contribution in [1.82, 2.24) is 9.97 Å². The Balaban J connectivity index is 1.53. The highest BCUT2D eigenvalue weighted by atomic mass is 19.1. The molecule has 0 aliphatic carbocycles. The third-order valence-electron chi connectivity index (χ3n) is 4.43. The van der Waals surface area contributed by atoms with Gasteiger partial charge in [-0.15, -0.1) is 0 Å². The molecule has 0 bridgehead atoms. The normalized spacial score (nSPS) is 22.7. The molecule has 118 valence electrons. The molecule has 3 heterocycles. The average Bonchev–Trinajstić information content (AvgIpc) is 3.16. The van der Waals surface area contributed by atoms with E-state index in [1.54, 1.807) is 12.1 Å². The summed E-state index contributed by atoms with van der Waals surface area (Å²) in [5.74, 6) is 0.635. The number of hydrogen-bond acceptors (Lipinski definition) is 5. The van der Waals surface area contributed by atoms with Gasteiger partial charge in [-0.1, -0.05) is 24.2 Å². The number of aryl methyl sites for hydroxylation is 1. The van der Waals surface area contributed by atoms with Crippen molar-refractivity contribution in [1.29, 1.82) is 0 Å². The van der Waals surface area contributed by atoms with Gasteiger partial charge in [0.25, 0.3) is 0 Å². The summed E-state index contributed by atoms with van der Waals surface area (Å²) in [4.78, 5) is 16.6. The van der Waals surface area contributed by atoms with E-state index in [2.05, 4.69) is 26.9 Å². The maximum absolute atomic E-state index is 13.1. The van der Waals surface area contributed by atoms with Crippen molar-refractivity contribution in [2.45, 2.75) is 19.4 Å². The fraction of sp³-hybridized carbons (Fsp3) is 0.353. The summed E-state index contributed by atoms with van der Waals surface area (Å²) in [6.07, 6.45) is 4.67. The van der Waals surface area contributed by atoms with Crippen LogP contribution >= 0.6 is 0 Å². The van der Waals surface area contributed by atoms with Crippen molar-refractivity contribution in [2.75, 3.05) is 18.0 Å². The number of oxime groups is 1.